The maximum absolute atomic E-state index is 11.8. The van der Waals surface area contributed by atoms with Crippen LogP contribution in [0, 0.1) is 6.92 Å². The van der Waals surface area contributed by atoms with Crippen molar-refractivity contribution in [3.05, 3.63) is 35.4 Å². The van der Waals surface area contributed by atoms with Crippen molar-refractivity contribution in [1.29, 1.82) is 0 Å². The molecule has 0 heterocycles. The lowest BCUT2D eigenvalue weighted by molar-refractivity contribution is -0.140. The number of amides is 1. The zero-order valence-corrected chi connectivity index (χ0v) is 14.1. The monoisotopic (exact) mass is 307 g/mol. The molecule has 1 aromatic rings. The lowest BCUT2D eigenvalue weighted by atomic mass is 10.1. The molecule has 1 rings (SSSR count). The summed E-state index contributed by atoms with van der Waals surface area (Å²) in [5.74, 6) is 0.102. The second-order valence-electron chi connectivity index (χ2n) is 5.32. The van der Waals surface area contributed by atoms with Gasteiger partial charge in [0.05, 0.1) is 0 Å². The third kappa shape index (κ3) is 8.15. The van der Waals surface area contributed by atoms with E-state index in [2.05, 4.69) is 36.5 Å². The first-order chi connectivity index (χ1) is 10.7. The smallest absolute Gasteiger partial charge is 0.220 e. The van der Waals surface area contributed by atoms with Crippen molar-refractivity contribution >= 4 is 5.91 Å². The van der Waals surface area contributed by atoms with Crippen molar-refractivity contribution in [2.24, 2.45) is 0 Å². The van der Waals surface area contributed by atoms with Crippen LogP contribution in [0.4, 0.5) is 0 Å². The zero-order chi connectivity index (χ0) is 16.2. The molecule has 0 unspecified atom stereocenters. The van der Waals surface area contributed by atoms with E-state index in [-0.39, 0.29) is 12.2 Å². The second-order valence-corrected chi connectivity index (χ2v) is 5.32. The molecule has 0 saturated heterocycles. The fourth-order valence-corrected chi connectivity index (χ4v) is 2.18. The van der Waals surface area contributed by atoms with Gasteiger partial charge in [-0.3, -0.25) is 4.79 Å². The molecule has 0 radical (unpaired) electrons. The van der Waals surface area contributed by atoms with E-state index in [1.165, 1.54) is 11.1 Å². The van der Waals surface area contributed by atoms with Gasteiger partial charge in [-0.25, -0.2) is 0 Å². The summed E-state index contributed by atoms with van der Waals surface area (Å²) < 4.78 is 10.9. The van der Waals surface area contributed by atoms with Crippen LogP contribution in [0.15, 0.2) is 24.3 Å². The van der Waals surface area contributed by atoms with Crippen molar-refractivity contribution in [3.8, 4) is 0 Å². The summed E-state index contributed by atoms with van der Waals surface area (Å²) in [5.41, 5.74) is 2.44. The molecule has 0 atom stereocenters. The van der Waals surface area contributed by atoms with Gasteiger partial charge in [0, 0.05) is 32.6 Å². The normalized spacial score (nSPS) is 10.9. The van der Waals surface area contributed by atoms with Crippen molar-refractivity contribution in [2.45, 2.75) is 52.7 Å². The molecule has 0 bridgehead atoms. The van der Waals surface area contributed by atoms with Crippen molar-refractivity contribution in [1.82, 2.24) is 5.32 Å². The maximum Gasteiger partial charge on any atom is 0.220 e. The number of carbonyl (C=O) groups excluding carboxylic acids is 1. The van der Waals surface area contributed by atoms with Gasteiger partial charge in [0.15, 0.2) is 6.29 Å². The van der Waals surface area contributed by atoms with Gasteiger partial charge < -0.3 is 14.8 Å². The SMILES string of the molecule is CCOC(CCCNC(=O)CCc1ccc(C)cc1)OCC. The Morgan fingerprint density at radius 1 is 1.14 bits per heavy atom. The molecule has 0 spiro atoms. The van der Waals surface area contributed by atoms with Gasteiger partial charge in [-0.1, -0.05) is 29.8 Å². The molecule has 4 heteroatoms. The van der Waals surface area contributed by atoms with Crippen LogP contribution in [0.25, 0.3) is 0 Å². The number of hydrogen-bond donors (Lipinski definition) is 1. The standard InChI is InChI=1S/C18H29NO3/c1-4-21-18(22-5-2)7-6-14-19-17(20)13-12-16-10-8-15(3)9-11-16/h8-11,18H,4-7,12-14H2,1-3H3,(H,19,20). The van der Waals surface area contributed by atoms with E-state index in [0.717, 1.165) is 19.3 Å². The average Bonchev–Trinajstić information content (AvgIpc) is 2.51. The minimum absolute atomic E-state index is 0.102. The molecule has 0 saturated carbocycles. The van der Waals surface area contributed by atoms with E-state index in [1.807, 2.05) is 13.8 Å². The average molecular weight is 307 g/mol. The van der Waals surface area contributed by atoms with Crippen LogP contribution >= 0.6 is 0 Å². The molecule has 124 valence electrons. The molecule has 1 N–H and O–H groups in total. The summed E-state index contributed by atoms with van der Waals surface area (Å²) in [6.45, 7) is 7.94. The zero-order valence-electron chi connectivity index (χ0n) is 14.1. The highest BCUT2D eigenvalue weighted by Crippen LogP contribution is 2.06. The minimum Gasteiger partial charge on any atom is -0.356 e. The van der Waals surface area contributed by atoms with Gasteiger partial charge >= 0.3 is 0 Å². The molecular formula is C18H29NO3. The van der Waals surface area contributed by atoms with Crippen molar-refractivity contribution in [3.63, 3.8) is 0 Å². The molecule has 1 aromatic carbocycles. The van der Waals surface area contributed by atoms with Crippen LogP contribution in [0.3, 0.4) is 0 Å². The Bertz CT molecular complexity index is 411. The van der Waals surface area contributed by atoms with Crippen LogP contribution in [0.1, 0.15) is 44.2 Å². The number of ether oxygens (including phenoxy) is 2. The van der Waals surface area contributed by atoms with E-state index < -0.39 is 0 Å². The van der Waals surface area contributed by atoms with Gasteiger partial charge in [-0.15, -0.1) is 0 Å². The fraction of sp³-hybridized carbons (Fsp3) is 0.611. The molecule has 0 aliphatic heterocycles. The first kappa shape index (κ1) is 18.7. The predicted molar refractivity (Wildman–Crippen MR) is 88.8 cm³/mol. The van der Waals surface area contributed by atoms with E-state index in [9.17, 15) is 4.79 Å². The van der Waals surface area contributed by atoms with Crippen LogP contribution in [-0.4, -0.2) is 32.0 Å². The highest BCUT2D eigenvalue weighted by atomic mass is 16.7. The largest absolute Gasteiger partial charge is 0.356 e. The first-order valence-electron chi connectivity index (χ1n) is 8.21. The van der Waals surface area contributed by atoms with E-state index in [1.54, 1.807) is 0 Å². The van der Waals surface area contributed by atoms with E-state index in [0.29, 0.717) is 26.2 Å². The molecule has 0 aliphatic rings. The summed E-state index contributed by atoms with van der Waals surface area (Å²) in [7, 11) is 0. The molecule has 0 aromatic heterocycles. The Morgan fingerprint density at radius 3 is 2.36 bits per heavy atom. The van der Waals surface area contributed by atoms with Crippen LogP contribution in [-0.2, 0) is 20.7 Å². The Labute approximate surface area is 134 Å². The number of nitrogens with one attached hydrogen (secondary N) is 1. The van der Waals surface area contributed by atoms with Gasteiger partial charge in [-0.2, -0.15) is 0 Å². The van der Waals surface area contributed by atoms with Gasteiger partial charge in [0.25, 0.3) is 0 Å². The maximum atomic E-state index is 11.8. The number of rotatable bonds is 11. The quantitative estimate of drug-likeness (QED) is 0.504. The lowest BCUT2D eigenvalue weighted by Crippen LogP contribution is -2.26. The summed E-state index contributed by atoms with van der Waals surface area (Å²) in [6, 6.07) is 8.32. The Morgan fingerprint density at radius 2 is 1.77 bits per heavy atom. The second kappa shape index (κ2) is 11.2. The summed E-state index contributed by atoms with van der Waals surface area (Å²) in [4.78, 5) is 11.8. The third-order valence-electron chi connectivity index (χ3n) is 3.41. The van der Waals surface area contributed by atoms with Crippen LogP contribution in [0.2, 0.25) is 0 Å². The Hall–Kier alpha value is -1.39. The van der Waals surface area contributed by atoms with E-state index >= 15 is 0 Å². The number of carbonyl (C=O) groups is 1. The molecular weight excluding hydrogens is 278 g/mol. The summed E-state index contributed by atoms with van der Waals surface area (Å²) in [5, 5.41) is 2.95. The summed E-state index contributed by atoms with van der Waals surface area (Å²) >= 11 is 0. The Kier molecular flexibility index (Phi) is 9.51. The van der Waals surface area contributed by atoms with Gasteiger partial charge in [0.1, 0.15) is 0 Å². The van der Waals surface area contributed by atoms with Crippen molar-refractivity contribution < 1.29 is 14.3 Å². The predicted octanol–water partition coefficient (Wildman–Crippen LogP) is 3.22. The van der Waals surface area contributed by atoms with Gasteiger partial charge in [0.2, 0.25) is 5.91 Å². The fourth-order valence-electron chi connectivity index (χ4n) is 2.18. The van der Waals surface area contributed by atoms with E-state index in [4.69, 9.17) is 9.47 Å². The number of benzene rings is 1. The molecule has 1 amide bonds. The van der Waals surface area contributed by atoms with Gasteiger partial charge in [-0.05, 0) is 39.2 Å². The lowest BCUT2D eigenvalue weighted by Gasteiger charge is -2.16. The highest BCUT2D eigenvalue weighted by molar-refractivity contribution is 5.76. The third-order valence-corrected chi connectivity index (χ3v) is 3.41. The summed E-state index contributed by atoms with van der Waals surface area (Å²) in [6.07, 6.45) is 2.83. The molecule has 4 nitrogen and oxygen atoms in total. The molecule has 22 heavy (non-hydrogen) atoms. The highest BCUT2D eigenvalue weighted by Gasteiger charge is 2.08. The first-order valence-corrected chi connectivity index (χ1v) is 8.21. The topological polar surface area (TPSA) is 47.6 Å². The number of hydrogen-bond acceptors (Lipinski definition) is 3. The molecule has 0 fully saturated rings. The minimum atomic E-state index is -0.153. The molecule has 0 aliphatic carbocycles. The van der Waals surface area contributed by atoms with Crippen LogP contribution < -0.4 is 5.32 Å². The van der Waals surface area contributed by atoms with Crippen molar-refractivity contribution in [2.75, 3.05) is 19.8 Å². The Balaban J connectivity index is 2.13. The van der Waals surface area contributed by atoms with Crippen LogP contribution in [0.5, 0.6) is 0 Å². The number of aryl methyl sites for hydroxylation is 2.